The largest absolute Gasteiger partial charge is 0.370 e. The van der Waals surface area contributed by atoms with Gasteiger partial charge in [0, 0.05) is 22.8 Å². The van der Waals surface area contributed by atoms with Gasteiger partial charge in [0.15, 0.2) is 0 Å². The van der Waals surface area contributed by atoms with Crippen LogP contribution in [0.1, 0.15) is 35.8 Å². The summed E-state index contributed by atoms with van der Waals surface area (Å²) in [7, 11) is 0. The molecule has 1 aromatic heterocycles. The Morgan fingerprint density at radius 1 is 1.33 bits per heavy atom. The third kappa shape index (κ3) is 4.29. The minimum absolute atomic E-state index is 0.0641. The van der Waals surface area contributed by atoms with Gasteiger partial charge in [-0.1, -0.05) is 28.1 Å². The molecule has 0 saturated carbocycles. The molecule has 0 spiro atoms. The zero-order valence-corrected chi connectivity index (χ0v) is 13.6. The third-order valence-corrected chi connectivity index (χ3v) is 3.57. The van der Waals surface area contributed by atoms with Crippen molar-refractivity contribution in [2.45, 2.75) is 19.9 Å². The van der Waals surface area contributed by atoms with Gasteiger partial charge in [0.05, 0.1) is 6.04 Å². The minimum atomic E-state index is -0.107. The van der Waals surface area contributed by atoms with Crippen LogP contribution in [0, 0.1) is 0 Å². The van der Waals surface area contributed by atoms with E-state index in [2.05, 4.69) is 31.5 Å². The van der Waals surface area contributed by atoms with Crippen LogP contribution in [-0.4, -0.2) is 17.4 Å². The van der Waals surface area contributed by atoms with Gasteiger partial charge < -0.3 is 10.6 Å². The zero-order valence-electron chi connectivity index (χ0n) is 12.1. The van der Waals surface area contributed by atoms with Crippen molar-refractivity contribution in [2.24, 2.45) is 0 Å². The van der Waals surface area contributed by atoms with Crippen molar-refractivity contribution in [3.63, 3.8) is 0 Å². The lowest BCUT2D eigenvalue weighted by Crippen LogP contribution is -2.26. The van der Waals surface area contributed by atoms with Crippen molar-refractivity contribution in [2.75, 3.05) is 11.9 Å². The Morgan fingerprint density at radius 3 is 2.86 bits per heavy atom. The Hall–Kier alpha value is -1.88. The molecule has 0 bridgehead atoms. The highest BCUT2D eigenvalue weighted by atomic mass is 79.9. The molecule has 0 saturated heterocycles. The number of anilines is 1. The Kier molecular flexibility index (Phi) is 5.33. The van der Waals surface area contributed by atoms with Crippen LogP contribution in [0.3, 0.4) is 0 Å². The van der Waals surface area contributed by atoms with Crippen molar-refractivity contribution >= 4 is 27.7 Å². The van der Waals surface area contributed by atoms with Gasteiger partial charge in [0.2, 0.25) is 0 Å². The number of carbonyl (C=O) groups is 1. The Morgan fingerprint density at radius 2 is 2.14 bits per heavy atom. The van der Waals surface area contributed by atoms with Gasteiger partial charge in [-0.05, 0) is 43.7 Å². The van der Waals surface area contributed by atoms with E-state index in [0.717, 1.165) is 16.6 Å². The van der Waals surface area contributed by atoms with E-state index >= 15 is 0 Å². The predicted octanol–water partition coefficient (Wildman–Crippen LogP) is 3.77. The normalized spacial score (nSPS) is 11.8. The zero-order chi connectivity index (χ0) is 15.2. The van der Waals surface area contributed by atoms with E-state index in [1.165, 1.54) is 0 Å². The second-order valence-electron chi connectivity index (χ2n) is 4.71. The maximum atomic E-state index is 12.3. The van der Waals surface area contributed by atoms with Gasteiger partial charge in [-0.25, -0.2) is 4.98 Å². The highest BCUT2D eigenvalue weighted by molar-refractivity contribution is 9.10. The number of halogens is 1. The van der Waals surface area contributed by atoms with Gasteiger partial charge in [-0.15, -0.1) is 0 Å². The Labute approximate surface area is 133 Å². The Balaban J connectivity index is 2.08. The van der Waals surface area contributed by atoms with Crippen molar-refractivity contribution < 1.29 is 4.79 Å². The average Bonchev–Trinajstić information content (AvgIpc) is 2.48. The Bertz CT molecular complexity index is 630. The van der Waals surface area contributed by atoms with Crippen LogP contribution in [0.5, 0.6) is 0 Å². The van der Waals surface area contributed by atoms with Crippen LogP contribution in [0.25, 0.3) is 0 Å². The summed E-state index contributed by atoms with van der Waals surface area (Å²) >= 11 is 3.44. The molecule has 5 heteroatoms. The van der Waals surface area contributed by atoms with Crippen LogP contribution in [0.15, 0.2) is 47.1 Å². The lowest BCUT2D eigenvalue weighted by atomic mass is 10.1. The fraction of sp³-hybridized carbons (Fsp3) is 0.250. The summed E-state index contributed by atoms with van der Waals surface area (Å²) in [6, 6.07) is 11.3. The van der Waals surface area contributed by atoms with E-state index in [9.17, 15) is 4.79 Å². The second-order valence-corrected chi connectivity index (χ2v) is 5.63. The van der Waals surface area contributed by atoms with E-state index in [0.29, 0.717) is 11.4 Å². The molecular formula is C16H18BrN3O. The molecule has 0 aliphatic heterocycles. The maximum absolute atomic E-state index is 12.3. The van der Waals surface area contributed by atoms with E-state index in [-0.39, 0.29) is 11.9 Å². The highest BCUT2D eigenvalue weighted by Gasteiger charge is 2.12. The van der Waals surface area contributed by atoms with Gasteiger partial charge in [-0.2, -0.15) is 0 Å². The number of nitrogens with one attached hydrogen (secondary N) is 2. The summed E-state index contributed by atoms with van der Waals surface area (Å²) in [6.07, 6.45) is 1.64. The number of benzene rings is 1. The summed E-state index contributed by atoms with van der Waals surface area (Å²) in [5.74, 6) is 0.601. The molecule has 0 radical (unpaired) electrons. The molecule has 21 heavy (non-hydrogen) atoms. The molecule has 2 N–H and O–H groups in total. The van der Waals surface area contributed by atoms with Crippen molar-refractivity contribution in [1.29, 1.82) is 0 Å². The number of amides is 1. The average molecular weight is 348 g/mol. The van der Waals surface area contributed by atoms with E-state index in [1.807, 2.05) is 38.1 Å². The van der Waals surface area contributed by atoms with E-state index in [4.69, 9.17) is 0 Å². The third-order valence-electron chi connectivity index (χ3n) is 3.08. The lowest BCUT2D eigenvalue weighted by molar-refractivity contribution is 0.0940. The molecule has 1 amide bonds. The summed E-state index contributed by atoms with van der Waals surface area (Å²) in [5, 5.41) is 6.09. The molecule has 2 rings (SSSR count). The first kappa shape index (κ1) is 15.5. The molecule has 1 aromatic carbocycles. The van der Waals surface area contributed by atoms with Crippen molar-refractivity contribution in [1.82, 2.24) is 10.3 Å². The topological polar surface area (TPSA) is 54.0 Å². The maximum Gasteiger partial charge on any atom is 0.251 e. The number of hydrogen-bond acceptors (Lipinski definition) is 3. The van der Waals surface area contributed by atoms with Crippen molar-refractivity contribution in [3.05, 3.63) is 58.2 Å². The van der Waals surface area contributed by atoms with Gasteiger partial charge in [0.25, 0.3) is 5.91 Å². The summed E-state index contributed by atoms with van der Waals surface area (Å²) in [5.41, 5.74) is 1.65. The predicted molar refractivity (Wildman–Crippen MR) is 88.4 cm³/mol. The second kappa shape index (κ2) is 7.22. The highest BCUT2D eigenvalue weighted by Crippen LogP contribution is 2.18. The fourth-order valence-corrected chi connectivity index (χ4v) is 2.41. The fourth-order valence-electron chi connectivity index (χ4n) is 1.99. The van der Waals surface area contributed by atoms with Gasteiger partial charge in [-0.3, -0.25) is 4.79 Å². The smallest absolute Gasteiger partial charge is 0.251 e. The monoisotopic (exact) mass is 347 g/mol. The van der Waals surface area contributed by atoms with Gasteiger partial charge >= 0.3 is 0 Å². The first-order valence-corrected chi connectivity index (χ1v) is 7.65. The molecular weight excluding hydrogens is 330 g/mol. The number of rotatable bonds is 5. The standard InChI is InChI=1S/C16H18BrN3O/c1-3-18-15-10-13(7-8-19-15)16(21)20-11(2)12-5-4-6-14(17)9-12/h4-11H,3H2,1-2H3,(H,18,19)(H,20,21). The number of carbonyl (C=O) groups excluding carboxylic acids is 1. The number of nitrogens with zero attached hydrogens (tertiary/aromatic N) is 1. The van der Waals surface area contributed by atoms with Crippen LogP contribution >= 0.6 is 15.9 Å². The molecule has 4 nitrogen and oxygen atoms in total. The molecule has 1 atom stereocenters. The molecule has 0 fully saturated rings. The summed E-state index contributed by atoms with van der Waals surface area (Å²) < 4.78 is 0.999. The van der Waals surface area contributed by atoms with Crippen molar-refractivity contribution in [3.8, 4) is 0 Å². The molecule has 0 aliphatic rings. The number of pyridine rings is 1. The summed E-state index contributed by atoms with van der Waals surface area (Å²) in [4.78, 5) is 16.5. The first-order valence-electron chi connectivity index (χ1n) is 6.86. The minimum Gasteiger partial charge on any atom is -0.370 e. The molecule has 1 heterocycles. The lowest BCUT2D eigenvalue weighted by Gasteiger charge is -2.15. The first-order chi connectivity index (χ1) is 10.1. The van der Waals surface area contributed by atoms with Crippen LogP contribution in [-0.2, 0) is 0 Å². The van der Waals surface area contributed by atoms with E-state index in [1.54, 1.807) is 18.3 Å². The van der Waals surface area contributed by atoms with Crippen LogP contribution in [0.2, 0.25) is 0 Å². The number of hydrogen-bond donors (Lipinski definition) is 2. The van der Waals surface area contributed by atoms with Gasteiger partial charge in [0.1, 0.15) is 5.82 Å². The SMILES string of the molecule is CCNc1cc(C(=O)NC(C)c2cccc(Br)c2)ccn1. The van der Waals surface area contributed by atoms with Crippen LogP contribution in [0.4, 0.5) is 5.82 Å². The summed E-state index contributed by atoms with van der Waals surface area (Å²) in [6.45, 7) is 4.72. The van der Waals surface area contributed by atoms with Crippen LogP contribution < -0.4 is 10.6 Å². The molecule has 110 valence electrons. The molecule has 1 unspecified atom stereocenters. The van der Waals surface area contributed by atoms with E-state index < -0.39 is 0 Å². The molecule has 0 aliphatic carbocycles. The number of aromatic nitrogens is 1. The quantitative estimate of drug-likeness (QED) is 0.865. The molecule has 2 aromatic rings.